The number of β-amino-alcohol motifs (C(OH)–C–C–N with tert-alkyl or cyclic N) is 1. The Kier molecular flexibility index (Phi) is 5.19. The molecule has 1 aliphatic carbocycles. The monoisotopic (exact) mass is 277 g/mol. The molecule has 0 saturated heterocycles. The van der Waals surface area contributed by atoms with Gasteiger partial charge in [0.25, 0.3) is 0 Å². The van der Waals surface area contributed by atoms with Crippen molar-refractivity contribution in [3.05, 3.63) is 35.4 Å². The fraction of sp³-hybridized carbons (Fsp3) is 0.647. The highest BCUT2D eigenvalue weighted by Crippen LogP contribution is 2.29. The summed E-state index contributed by atoms with van der Waals surface area (Å²) in [7, 11) is 0. The van der Waals surface area contributed by atoms with Gasteiger partial charge in [0.05, 0.1) is 12.7 Å². The van der Waals surface area contributed by atoms with Crippen LogP contribution in [0.3, 0.4) is 0 Å². The number of aliphatic hydroxyl groups is 2. The molecule has 0 amide bonds. The molecule has 20 heavy (non-hydrogen) atoms. The summed E-state index contributed by atoms with van der Waals surface area (Å²) in [5.74, 6) is 0.510. The van der Waals surface area contributed by atoms with E-state index in [0.717, 1.165) is 31.2 Å². The van der Waals surface area contributed by atoms with E-state index in [1.54, 1.807) is 0 Å². The van der Waals surface area contributed by atoms with Crippen LogP contribution in [0.5, 0.6) is 0 Å². The predicted octanol–water partition coefficient (Wildman–Crippen LogP) is 2.74. The first-order chi connectivity index (χ1) is 9.56. The molecule has 0 aliphatic heterocycles. The second-order valence-corrected chi connectivity index (χ2v) is 6.36. The predicted molar refractivity (Wildman–Crippen MR) is 81.8 cm³/mol. The van der Waals surface area contributed by atoms with E-state index in [9.17, 15) is 10.2 Å². The van der Waals surface area contributed by atoms with Crippen molar-refractivity contribution in [3.63, 3.8) is 0 Å². The van der Waals surface area contributed by atoms with Crippen LogP contribution in [0.25, 0.3) is 0 Å². The Morgan fingerprint density at radius 2 is 1.65 bits per heavy atom. The van der Waals surface area contributed by atoms with Gasteiger partial charge < -0.3 is 15.5 Å². The molecule has 1 unspecified atom stereocenters. The zero-order valence-corrected chi connectivity index (χ0v) is 12.6. The second-order valence-electron chi connectivity index (χ2n) is 6.36. The molecule has 1 fully saturated rings. The van der Waals surface area contributed by atoms with Gasteiger partial charge >= 0.3 is 0 Å². The van der Waals surface area contributed by atoms with E-state index in [1.165, 1.54) is 5.56 Å². The zero-order chi connectivity index (χ0) is 14.6. The van der Waals surface area contributed by atoms with Gasteiger partial charge in [-0.3, -0.25) is 0 Å². The Labute approximate surface area is 122 Å². The summed E-state index contributed by atoms with van der Waals surface area (Å²) in [5, 5.41) is 23.2. The topological polar surface area (TPSA) is 52.5 Å². The van der Waals surface area contributed by atoms with E-state index < -0.39 is 6.10 Å². The Bertz CT molecular complexity index is 408. The number of nitrogens with one attached hydrogen (secondary N) is 1. The average molecular weight is 277 g/mol. The number of rotatable bonds is 6. The van der Waals surface area contributed by atoms with Crippen molar-refractivity contribution in [2.75, 3.05) is 13.2 Å². The van der Waals surface area contributed by atoms with Gasteiger partial charge in [0.1, 0.15) is 0 Å². The maximum atomic E-state index is 10.3. The van der Waals surface area contributed by atoms with Gasteiger partial charge in [0.2, 0.25) is 0 Å². The molecular formula is C17H27NO2. The third-order valence-corrected chi connectivity index (χ3v) is 4.52. The van der Waals surface area contributed by atoms with Crippen LogP contribution in [-0.4, -0.2) is 28.9 Å². The standard InChI is InChI=1S/C17H27NO2/c1-13(2)14-5-7-15(8-6-14)16(20)11-18-17(12-19)9-3-4-10-17/h5-8,13,16,18-20H,3-4,9-12H2,1-2H3. The minimum Gasteiger partial charge on any atom is -0.394 e. The van der Waals surface area contributed by atoms with Crippen molar-refractivity contribution in [3.8, 4) is 0 Å². The average Bonchev–Trinajstić information content (AvgIpc) is 2.94. The SMILES string of the molecule is CC(C)c1ccc(C(O)CNC2(CO)CCCC2)cc1. The van der Waals surface area contributed by atoms with Crippen molar-refractivity contribution >= 4 is 0 Å². The van der Waals surface area contributed by atoms with Crippen LogP contribution in [0.4, 0.5) is 0 Å². The summed E-state index contributed by atoms with van der Waals surface area (Å²) in [6.45, 7) is 4.99. The summed E-state index contributed by atoms with van der Waals surface area (Å²) < 4.78 is 0. The normalized spacial score (nSPS) is 19.4. The van der Waals surface area contributed by atoms with Crippen LogP contribution < -0.4 is 5.32 Å². The summed E-state index contributed by atoms with van der Waals surface area (Å²) >= 11 is 0. The van der Waals surface area contributed by atoms with Gasteiger partial charge in [-0.1, -0.05) is 51.0 Å². The molecule has 112 valence electrons. The maximum absolute atomic E-state index is 10.3. The highest BCUT2D eigenvalue weighted by molar-refractivity contribution is 5.26. The first kappa shape index (κ1) is 15.5. The molecule has 0 heterocycles. The number of benzene rings is 1. The van der Waals surface area contributed by atoms with E-state index in [2.05, 4.69) is 31.3 Å². The van der Waals surface area contributed by atoms with Crippen LogP contribution in [0, 0.1) is 0 Å². The minimum atomic E-state index is -0.514. The van der Waals surface area contributed by atoms with Crippen molar-refractivity contribution < 1.29 is 10.2 Å². The fourth-order valence-electron chi connectivity index (χ4n) is 2.98. The highest BCUT2D eigenvalue weighted by atomic mass is 16.3. The van der Waals surface area contributed by atoms with E-state index >= 15 is 0 Å². The van der Waals surface area contributed by atoms with Crippen molar-refractivity contribution in [2.24, 2.45) is 0 Å². The lowest BCUT2D eigenvalue weighted by atomic mass is 9.97. The highest BCUT2D eigenvalue weighted by Gasteiger charge is 2.32. The number of aliphatic hydroxyl groups excluding tert-OH is 2. The molecule has 1 saturated carbocycles. The zero-order valence-electron chi connectivity index (χ0n) is 12.6. The van der Waals surface area contributed by atoms with Crippen LogP contribution in [0.1, 0.15) is 62.7 Å². The molecular weight excluding hydrogens is 250 g/mol. The quantitative estimate of drug-likeness (QED) is 0.749. The summed E-state index contributed by atoms with van der Waals surface area (Å²) in [4.78, 5) is 0. The summed E-state index contributed by atoms with van der Waals surface area (Å²) in [5.41, 5.74) is 2.06. The van der Waals surface area contributed by atoms with Crippen LogP contribution in [0.2, 0.25) is 0 Å². The fourth-order valence-corrected chi connectivity index (χ4v) is 2.98. The molecule has 0 spiro atoms. The van der Waals surface area contributed by atoms with E-state index in [0.29, 0.717) is 12.5 Å². The van der Waals surface area contributed by atoms with Crippen molar-refractivity contribution in [1.82, 2.24) is 5.32 Å². The lowest BCUT2D eigenvalue weighted by molar-refractivity contribution is 0.122. The van der Waals surface area contributed by atoms with Gasteiger partial charge in [-0.05, 0) is 29.9 Å². The molecule has 3 N–H and O–H groups in total. The summed E-state index contributed by atoms with van der Waals surface area (Å²) in [6.07, 6.45) is 3.81. The molecule has 3 heteroatoms. The number of hydrogen-bond acceptors (Lipinski definition) is 3. The third-order valence-electron chi connectivity index (χ3n) is 4.52. The first-order valence-electron chi connectivity index (χ1n) is 7.70. The van der Waals surface area contributed by atoms with Crippen LogP contribution >= 0.6 is 0 Å². The smallest absolute Gasteiger partial charge is 0.0914 e. The van der Waals surface area contributed by atoms with Crippen LogP contribution in [0.15, 0.2) is 24.3 Å². The largest absolute Gasteiger partial charge is 0.394 e. The van der Waals surface area contributed by atoms with Gasteiger partial charge in [0, 0.05) is 12.1 Å². The first-order valence-corrected chi connectivity index (χ1v) is 7.70. The van der Waals surface area contributed by atoms with Gasteiger partial charge in [-0.2, -0.15) is 0 Å². The van der Waals surface area contributed by atoms with Crippen molar-refractivity contribution in [1.29, 1.82) is 0 Å². The summed E-state index contributed by atoms with van der Waals surface area (Å²) in [6, 6.07) is 8.17. The van der Waals surface area contributed by atoms with Gasteiger partial charge in [-0.15, -0.1) is 0 Å². The maximum Gasteiger partial charge on any atom is 0.0914 e. The van der Waals surface area contributed by atoms with E-state index in [4.69, 9.17) is 0 Å². The molecule has 1 aromatic rings. The Morgan fingerprint density at radius 1 is 1.10 bits per heavy atom. The Hall–Kier alpha value is -0.900. The van der Waals surface area contributed by atoms with Crippen molar-refractivity contribution in [2.45, 2.75) is 57.1 Å². The Balaban J connectivity index is 1.92. The molecule has 3 nitrogen and oxygen atoms in total. The third kappa shape index (κ3) is 3.60. The molecule has 2 rings (SSSR count). The molecule has 1 aromatic carbocycles. The Morgan fingerprint density at radius 3 is 2.15 bits per heavy atom. The number of hydrogen-bond donors (Lipinski definition) is 3. The lowest BCUT2D eigenvalue weighted by Crippen LogP contribution is -2.47. The molecule has 0 aromatic heterocycles. The molecule has 1 atom stereocenters. The second kappa shape index (κ2) is 6.70. The molecule has 1 aliphatic rings. The van der Waals surface area contributed by atoms with E-state index in [-0.39, 0.29) is 12.1 Å². The minimum absolute atomic E-state index is 0.159. The van der Waals surface area contributed by atoms with Gasteiger partial charge in [-0.25, -0.2) is 0 Å². The van der Waals surface area contributed by atoms with Gasteiger partial charge in [0.15, 0.2) is 0 Å². The van der Waals surface area contributed by atoms with E-state index in [1.807, 2.05) is 12.1 Å². The van der Waals surface area contributed by atoms with Crippen LogP contribution in [-0.2, 0) is 0 Å². The molecule has 0 bridgehead atoms. The molecule has 0 radical (unpaired) electrons. The lowest BCUT2D eigenvalue weighted by Gasteiger charge is -2.29.